The predicted molar refractivity (Wildman–Crippen MR) is 61.7 cm³/mol. The van der Waals surface area contributed by atoms with Crippen LogP contribution < -0.4 is 5.32 Å². The summed E-state index contributed by atoms with van der Waals surface area (Å²) in [5, 5.41) is 11.6. The van der Waals surface area contributed by atoms with Crippen LogP contribution in [0, 0.1) is 5.82 Å². The molecule has 84 valence electrons. The molecule has 0 aromatic carbocycles. The first-order valence-corrected chi connectivity index (χ1v) is 6.02. The number of pyridine rings is 1. The monoisotopic (exact) mass is 230 g/mol. The highest BCUT2D eigenvalue weighted by Gasteiger charge is 1.94. The molecule has 0 fully saturated rings. The van der Waals surface area contributed by atoms with Gasteiger partial charge in [0, 0.05) is 18.9 Å². The summed E-state index contributed by atoms with van der Waals surface area (Å²) in [5.74, 6) is 2.30. The van der Waals surface area contributed by atoms with E-state index in [1.807, 2.05) is 0 Å². The molecule has 0 saturated carbocycles. The zero-order valence-corrected chi connectivity index (χ0v) is 9.26. The van der Waals surface area contributed by atoms with Gasteiger partial charge in [-0.1, -0.05) is 0 Å². The molecule has 0 atom stereocenters. The molecule has 0 aliphatic carbocycles. The van der Waals surface area contributed by atoms with Crippen LogP contribution in [0.2, 0.25) is 0 Å². The number of nitrogens with zero attached hydrogens (tertiary/aromatic N) is 1. The number of aliphatic hydroxyl groups excluding tert-OH is 1. The molecule has 1 rings (SSSR count). The van der Waals surface area contributed by atoms with Gasteiger partial charge in [0.2, 0.25) is 0 Å². The fourth-order valence-electron chi connectivity index (χ4n) is 1.00. The van der Waals surface area contributed by atoms with Crippen molar-refractivity contribution in [3.8, 4) is 0 Å². The Hall–Kier alpha value is -0.810. The van der Waals surface area contributed by atoms with Crippen LogP contribution in [0.3, 0.4) is 0 Å². The Bertz CT molecular complexity index is 269. The molecule has 1 aromatic heterocycles. The molecule has 2 N–H and O–H groups in total. The molecular weight excluding hydrogens is 215 g/mol. The van der Waals surface area contributed by atoms with Crippen LogP contribution in [0.5, 0.6) is 0 Å². The molecule has 1 aromatic rings. The average Bonchev–Trinajstić information content (AvgIpc) is 2.26. The number of halogens is 1. The standard InChI is InChI=1S/C10H15FN2OS/c11-9-2-3-10(13-8-9)12-4-7-15-6-1-5-14/h2-3,8,14H,1,4-7H2,(H,12,13). The number of aromatic nitrogens is 1. The summed E-state index contributed by atoms with van der Waals surface area (Å²) in [6, 6.07) is 3.00. The number of hydrogen-bond acceptors (Lipinski definition) is 4. The van der Waals surface area contributed by atoms with E-state index in [1.165, 1.54) is 12.3 Å². The minimum Gasteiger partial charge on any atom is -0.396 e. The third-order valence-electron chi connectivity index (χ3n) is 1.73. The quantitative estimate of drug-likeness (QED) is 0.700. The zero-order valence-electron chi connectivity index (χ0n) is 8.45. The molecule has 3 nitrogen and oxygen atoms in total. The summed E-state index contributed by atoms with van der Waals surface area (Å²) in [7, 11) is 0. The van der Waals surface area contributed by atoms with Crippen molar-refractivity contribution in [2.75, 3.05) is 30.0 Å². The van der Waals surface area contributed by atoms with Crippen LogP contribution in [0.15, 0.2) is 18.3 Å². The van der Waals surface area contributed by atoms with Crippen LogP contribution in [0.4, 0.5) is 10.2 Å². The van der Waals surface area contributed by atoms with Crippen molar-refractivity contribution in [1.82, 2.24) is 4.98 Å². The smallest absolute Gasteiger partial charge is 0.141 e. The summed E-state index contributed by atoms with van der Waals surface area (Å²) in [6.45, 7) is 1.05. The molecule has 0 aliphatic heterocycles. The first kappa shape index (κ1) is 12.3. The lowest BCUT2D eigenvalue weighted by molar-refractivity contribution is 0.296. The van der Waals surface area contributed by atoms with Gasteiger partial charge in [-0.3, -0.25) is 0 Å². The summed E-state index contributed by atoms with van der Waals surface area (Å²) < 4.78 is 12.5. The lowest BCUT2D eigenvalue weighted by Gasteiger charge is -2.04. The Kier molecular flexibility index (Phi) is 6.11. The van der Waals surface area contributed by atoms with Gasteiger partial charge in [-0.15, -0.1) is 0 Å². The van der Waals surface area contributed by atoms with Gasteiger partial charge in [-0.25, -0.2) is 9.37 Å². The van der Waals surface area contributed by atoms with Crippen molar-refractivity contribution < 1.29 is 9.50 Å². The highest BCUT2D eigenvalue weighted by atomic mass is 32.2. The minimum absolute atomic E-state index is 0.250. The molecule has 0 saturated heterocycles. The first-order chi connectivity index (χ1) is 7.33. The molecule has 0 radical (unpaired) electrons. The Balaban J connectivity index is 2.07. The lowest BCUT2D eigenvalue weighted by atomic mass is 10.4. The molecule has 0 spiro atoms. The number of thioether (sulfide) groups is 1. The molecule has 5 heteroatoms. The first-order valence-electron chi connectivity index (χ1n) is 4.87. The number of nitrogens with one attached hydrogen (secondary N) is 1. The third kappa shape index (κ3) is 5.59. The van der Waals surface area contributed by atoms with Crippen LogP contribution in [0.1, 0.15) is 6.42 Å². The third-order valence-corrected chi connectivity index (χ3v) is 2.80. The maximum atomic E-state index is 12.5. The average molecular weight is 230 g/mol. The van der Waals surface area contributed by atoms with E-state index < -0.39 is 0 Å². The maximum Gasteiger partial charge on any atom is 0.141 e. The van der Waals surface area contributed by atoms with E-state index >= 15 is 0 Å². The van der Waals surface area contributed by atoms with Gasteiger partial charge >= 0.3 is 0 Å². The van der Waals surface area contributed by atoms with Gasteiger partial charge < -0.3 is 10.4 Å². The Labute approximate surface area is 93.1 Å². The second-order valence-corrected chi connectivity index (χ2v) is 4.20. The van der Waals surface area contributed by atoms with Crippen molar-refractivity contribution in [3.05, 3.63) is 24.1 Å². The van der Waals surface area contributed by atoms with E-state index in [9.17, 15) is 4.39 Å². The van der Waals surface area contributed by atoms with E-state index in [1.54, 1.807) is 17.8 Å². The van der Waals surface area contributed by atoms with Crippen molar-refractivity contribution in [1.29, 1.82) is 0 Å². The maximum absolute atomic E-state index is 12.5. The topological polar surface area (TPSA) is 45.1 Å². The molecule has 0 amide bonds. The van der Waals surface area contributed by atoms with E-state index in [0.717, 1.165) is 24.5 Å². The zero-order chi connectivity index (χ0) is 10.9. The van der Waals surface area contributed by atoms with Gasteiger partial charge in [0.25, 0.3) is 0 Å². The van der Waals surface area contributed by atoms with Crippen LogP contribution >= 0.6 is 11.8 Å². The second kappa shape index (κ2) is 7.48. The molecule has 0 aliphatic rings. The molecule has 0 bridgehead atoms. The molecule has 15 heavy (non-hydrogen) atoms. The second-order valence-electron chi connectivity index (χ2n) is 2.98. The highest BCUT2D eigenvalue weighted by Crippen LogP contribution is 2.05. The van der Waals surface area contributed by atoms with E-state index in [4.69, 9.17) is 5.11 Å². The fraction of sp³-hybridized carbons (Fsp3) is 0.500. The van der Waals surface area contributed by atoms with Crippen LogP contribution in [0.25, 0.3) is 0 Å². The van der Waals surface area contributed by atoms with Gasteiger partial charge in [-0.2, -0.15) is 11.8 Å². The van der Waals surface area contributed by atoms with Crippen LogP contribution in [-0.2, 0) is 0 Å². The number of anilines is 1. The van der Waals surface area contributed by atoms with Gasteiger partial charge in [0.1, 0.15) is 11.6 Å². The van der Waals surface area contributed by atoms with Gasteiger partial charge in [0.15, 0.2) is 0 Å². The highest BCUT2D eigenvalue weighted by molar-refractivity contribution is 7.99. The largest absolute Gasteiger partial charge is 0.396 e. The Morgan fingerprint density at radius 3 is 2.93 bits per heavy atom. The summed E-state index contributed by atoms with van der Waals surface area (Å²) >= 11 is 1.78. The Morgan fingerprint density at radius 1 is 1.40 bits per heavy atom. The van der Waals surface area contributed by atoms with E-state index in [0.29, 0.717) is 5.82 Å². The molecular formula is C10H15FN2OS. The summed E-state index contributed by atoms with van der Waals surface area (Å²) in [6.07, 6.45) is 2.03. The van der Waals surface area contributed by atoms with Crippen molar-refractivity contribution in [3.63, 3.8) is 0 Å². The minimum atomic E-state index is -0.321. The predicted octanol–water partition coefficient (Wildman–Crippen LogP) is 1.75. The number of hydrogen-bond donors (Lipinski definition) is 2. The van der Waals surface area contributed by atoms with Gasteiger partial charge in [-0.05, 0) is 24.3 Å². The van der Waals surface area contributed by atoms with Crippen molar-refractivity contribution in [2.24, 2.45) is 0 Å². The SMILES string of the molecule is OCCCSCCNc1ccc(F)cn1. The summed E-state index contributed by atoms with van der Waals surface area (Å²) in [4.78, 5) is 3.88. The number of aliphatic hydroxyl groups is 1. The van der Waals surface area contributed by atoms with Crippen molar-refractivity contribution >= 4 is 17.6 Å². The van der Waals surface area contributed by atoms with Crippen molar-refractivity contribution in [2.45, 2.75) is 6.42 Å². The van der Waals surface area contributed by atoms with Crippen LogP contribution in [-0.4, -0.2) is 34.7 Å². The molecule has 1 heterocycles. The normalized spacial score (nSPS) is 10.3. The van der Waals surface area contributed by atoms with E-state index in [2.05, 4.69) is 10.3 Å². The lowest BCUT2D eigenvalue weighted by Crippen LogP contribution is -2.06. The molecule has 0 unspecified atom stereocenters. The Morgan fingerprint density at radius 2 is 2.27 bits per heavy atom. The fourth-order valence-corrected chi connectivity index (χ4v) is 1.78. The van der Waals surface area contributed by atoms with E-state index in [-0.39, 0.29) is 12.4 Å². The summed E-state index contributed by atoms with van der Waals surface area (Å²) in [5.41, 5.74) is 0. The number of rotatable bonds is 7. The van der Waals surface area contributed by atoms with Gasteiger partial charge in [0.05, 0.1) is 6.20 Å².